The number of amides is 1. The van der Waals surface area contributed by atoms with Crippen molar-refractivity contribution in [2.24, 2.45) is 0 Å². The Morgan fingerprint density at radius 3 is 2.23 bits per heavy atom. The number of nitrogens with one attached hydrogen (secondary N) is 2. The summed E-state index contributed by atoms with van der Waals surface area (Å²) in [7, 11) is -3.80. The van der Waals surface area contributed by atoms with Crippen LogP contribution in [0.4, 0.5) is 5.69 Å². The topological polar surface area (TPSA) is 75.3 Å². The summed E-state index contributed by atoms with van der Waals surface area (Å²) in [5.74, 6) is -0.327. The van der Waals surface area contributed by atoms with Gasteiger partial charge in [-0.15, -0.1) is 0 Å². The second-order valence-corrected chi connectivity index (χ2v) is 8.92. The summed E-state index contributed by atoms with van der Waals surface area (Å²) >= 11 is 0. The van der Waals surface area contributed by atoms with Crippen molar-refractivity contribution >= 4 is 21.6 Å². The molecule has 1 amide bonds. The van der Waals surface area contributed by atoms with Crippen molar-refractivity contribution in [3.63, 3.8) is 0 Å². The van der Waals surface area contributed by atoms with E-state index in [1.807, 2.05) is 32.9 Å². The zero-order valence-electron chi connectivity index (χ0n) is 17.3. The molecule has 0 aliphatic carbocycles. The Hall–Kier alpha value is -3.12. The van der Waals surface area contributed by atoms with Crippen LogP contribution < -0.4 is 10.0 Å². The second kappa shape index (κ2) is 9.13. The van der Waals surface area contributed by atoms with Crippen LogP contribution in [0.2, 0.25) is 0 Å². The van der Waals surface area contributed by atoms with Gasteiger partial charge in [0.25, 0.3) is 15.9 Å². The lowest BCUT2D eigenvalue weighted by Crippen LogP contribution is -2.29. The van der Waals surface area contributed by atoms with Crippen LogP contribution in [0.1, 0.15) is 46.4 Å². The highest BCUT2D eigenvalue weighted by molar-refractivity contribution is 7.92. The smallest absolute Gasteiger partial charge is 0.261 e. The number of hydrogen-bond acceptors (Lipinski definition) is 3. The van der Waals surface area contributed by atoms with Gasteiger partial charge >= 0.3 is 0 Å². The first-order valence-corrected chi connectivity index (χ1v) is 11.3. The fraction of sp³-hybridized carbons (Fsp3) is 0.208. The van der Waals surface area contributed by atoms with Gasteiger partial charge in [0.1, 0.15) is 0 Å². The molecule has 0 saturated heterocycles. The molecule has 0 saturated carbocycles. The number of aryl methyl sites for hydroxylation is 2. The summed E-state index contributed by atoms with van der Waals surface area (Å²) < 4.78 is 27.9. The second-order valence-electron chi connectivity index (χ2n) is 7.24. The molecule has 6 heteroatoms. The van der Waals surface area contributed by atoms with Gasteiger partial charge in [-0.25, -0.2) is 8.42 Å². The molecule has 5 nitrogen and oxygen atoms in total. The summed E-state index contributed by atoms with van der Waals surface area (Å²) in [5.41, 5.74) is 3.90. The lowest BCUT2D eigenvalue weighted by Gasteiger charge is -2.20. The van der Waals surface area contributed by atoms with Crippen molar-refractivity contribution < 1.29 is 13.2 Å². The Morgan fingerprint density at radius 2 is 1.57 bits per heavy atom. The lowest BCUT2D eigenvalue weighted by atomic mass is 9.99. The van der Waals surface area contributed by atoms with E-state index in [0.717, 1.165) is 11.1 Å². The zero-order valence-corrected chi connectivity index (χ0v) is 18.2. The normalized spacial score (nSPS) is 12.2. The van der Waals surface area contributed by atoms with Gasteiger partial charge in [-0.3, -0.25) is 9.52 Å². The van der Waals surface area contributed by atoms with Gasteiger partial charge in [0.05, 0.1) is 22.2 Å². The van der Waals surface area contributed by atoms with Crippen LogP contribution in [0.3, 0.4) is 0 Å². The zero-order chi connectivity index (χ0) is 21.7. The minimum atomic E-state index is -3.80. The van der Waals surface area contributed by atoms with E-state index < -0.39 is 10.0 Å². The van der Waals surface area contributed by atoms with Crippen LogP contribution in [0.25, 0.3) is 0 Å². The van der Waals surface area contributed by atoms with E-state index in [9.17, 15) is 13.2 Å². The first-order valence-electron chi connectivity index (χ1n) is 9.86. The molecule has 3 aromatic rings. The van der Waals surface area contributed by atoms with E-state index in [1.165, 1.54) is 17.7 Å². The lowest BCUT2D eigenvalue weighted by molar-refractivity contribution is 0.0936. The molecule has 1 atom stereocenters. The molecule has 0 heterocycles. The molecular weight excluding hydrogens is 396 g/mol. The fourth-order valence-corrected chi connectivity index (χ4v) is 4.31. The maximum absolute atomic E-state index is 13.0. The van der Waals surface area contributed by atoms with Crippen molar-refractivity contribution in [3.8, 4) is 0 Å². The van der Waals surface area contributed by atoms with Crippen LogP contribution in [0.5, 0.6) is 0 Å². The minimum absolute atomic E-state index is 0.141. The number of carbonyl (C=O) groups is 1. The summed E-state index contributed by atoms with van der Waals surface area (Å²) in [4.78, 5) is 13.2. The Bertz CT molecular complexity index is 1140. The number of anilines is 1. The minimum Gasteiger partial charge on any atom is -0.345 e. The molecule has 0 radical (unpaired) electrons. The highest BCUT2D eigenvalue weighted by Gasteiger charge is 2.20. The number of rotatable bonds is 7. The Balaban J connectivity index is 1.85. The number of carbonyl (C=O) groups excluding carboxylic acids is 1. The molecule has 0 aliphatic rings. The van der Waals surface area contributed by atoms with Gasteiger partial charge < -0.3 is 5.32 Å². The first-order chi connectivity index (χ1) is 14.3. The Labute approximate surface area is 178 Å². The molecule has 156 valence electrons. The van der Waals surface area contributed by atoms with Crippen molar-refractivity contribution in [1.82, 2.24) is 5.32 Å². The van der Waals surface area contributed by atoms with Crippen LogP contribution in [0.15, 0.2) is 77.7 Å². The highest BCUT2D eigenvalue weighted by Crippen LogP contribution is 2.23. The first kappa shape index (κ1) is 21.6. The van der Waals surface area contributed by atoms with Gasteiger partial charge in [0.2, 0.25) is 0 Å². The van der Waals surface area contributed by atoms with Crippen molar-refractivity contribution in [1.29, 1.82) is 0 Å². The van der Waals surface area contributed by atoms with E-state index in [0.29, 0.717) is 6.42 Å². The summed E-state index contributed by atoms with van der Waals surface area (Å²) in [5, 5.41) is 3.04. The van der Waals surface area contributed by atoms with E-state index in [-0.39, 0.29) is 28.1 Å². The van der Waals surface area contributed by atoms with Gasteiger partial charge in [0.15, 0.2) is 0 Å². The molecule has 0 unspecified atom stereocenters. The molecule has 0 spiro atoms. The highest BCUT2D eigenvalue weighted by atomic mass is 32.2. The van der Waals surface area contributed by atoms with Crippen molar-refractivity contribution in [2.75, 3.05) is 4.72 Å². The van der Waals surface area contributed by atoms with Crippen molar-refractivity contribution in [3.05, 3.63) is 95.1 Å². The number of para-hydroxylation sites is 1. The van der Waals surface area contributed by atoms with Gasteiger partial charge in [-0.05, 0) is 61.2 Å². The molecule has 0 aliphatic heterocycles. The summed E-state index contributed by atoms with van der Waals surface area (Å²) in [6.45, 7) is 6.10. The quantitative estimate of drug-likeness (QED) is 0.563. The third-order valence-corrected chi connectivity index (χ3v) is 6.50. The van der Waals surface area contributed by atoms with Gasteiger partial charge in [-0.1, -0.05) is 55.5 Å². The fourth-order valence-electron chi connectivity index (χ4n) is 3.21. The molecular formula is C24H26N2O3S. The molecule has 30 heavy (non-hydrogen) atoms. The van der Waals surface area contributed by atoms with Crippen LogP contribution in [0, 0.1) is 13.8 Å². The third kappa shape index (κ3) is 4.89. The number of hydrogen-bond donors (Lipinski definition) is 2. The van der Waals surface area contributed by atoms with Crippen LogP contribution in [-0.2, 0) is 10.0 Å². The van der Waals surface area contributed by atoms with E-state index in [2.05, 4.69) is 16.1 Å². The number of benzene rings is 3. The predicted octanol–water partition coefficient (Wildman–Crippen LogP) is 4.99. The van der Waals surface area contributed by atoms with Gasteiger partial charge in [0, 0.05) is 0 Å². The van der Waals surface area contributed by atoms with E-state index in [1.54, 1.807) is 42.5 Å². The standard InChI is InChI=1S/C24H26N2O3S/c1-4-22(19-15-14-17(2)18(3)16-19)25-24(27)21-12-8-9-13-23(21)26-30(28,29)20-10-6-5-7-11-20/h5-16,22,26H,4H2,1-3H3,(H,25,27)/t22-/m0/s1. The van der Waals surface area contributed by atoms with Crippen molar-refractivity contribution in [2.45, 2.75) is 38.1 Å². The molecule has 0 bridgehead atoms. The Kier molecular flexibility index (Phi) is 6.57. The maximum Gasteiger partial charge on any atom is 0.261 e. The van der Waals surface area contributed by atoms with E-state index >= 15 is 0 Å². The van der Waals surface area contributed by atoms with E-state index in [4.69, 9.17) is 0 Å². The summed E-state index contributed by atoms with van der Waals surface area (Å²) in [6, 6.07) is 20.7. The molecule has 2 N–H and O–H groups in total. The molecule has 3 aromatic carbocycles. The SMILES string of the molecule is CC[C@H](NC(=O)c1ccccc1NS(=O)(=O)c1ccccc1)c1ccc(C)c(C)c1. The average Bonchev–Trinajstić information content (AvgIpc) is 2.74. The maximum atomic E-state index is 13.0. The Morgan fingerprint density at radius 1 is 0.900 bits per heavy atom. The monoisotopic (exact) mass is 422 g/mol. The molecule has 3 rings (SSSR count). The largest absolute Gasteiger partial charge is 0.345 e. The van der Waals surface area contributed by atoms with Crippen LogP contribution >= 0.6 is 0 Å². The molecule has 0 aromatic heterocycles. The third-order valence-electron chi connectivity index (χ3n) is 5.12. The molecule has 0 fully saturated rings. The van der Waals surface area contributed by atoms with Crippen LogP contribution in [-0.4, -0.2) is 14.3 Å². The number of sulfonamides is 1. The average molecular weight is 423 g/mol. The summed E-state index contributed by atoms with van der Waals surface area (Å²) in [6.07, 6.45) is 0.714. The van der Waals surface area contributed by atoms with Gasteiger partial charge in [-0.2, -0.15) is 0 Å². The predicted molar refractivity (Wildman–Crippen MR) is 120 cm³/mol.